The third kappa shape index (κ3) is 6.97. The third-order valence-electron chi connectivity index (χ3n) is 7.74. The zero-order valence-electron chi connectivity index (χ0n) is 22.2. The number of hydrogen-bond acceptors (Lipinski definition) is 1. The lowest BCUT2D eigenvalue weighted by Gasteiger charge is -2.29. The first kappa shape index (κ1) is 27.3. The van der Waals surface area contributed by atoms with Crippen LogP contribution < -0.4 is 4.74 Å². The van der Waals surface area contributed by atoms with Gasteiger partial charge in [0.05, 0.1) is 6.61 Å². The summed E-state index contributed by atoms with van der Waals surface area (Å²) in [4.78, 5) is 0. The largest absolute Gasteiger partial charge is 0.490 e. The Bertz CT molecular complexity index is 1150. The third-order valence-corrected chi connectivity index (χ3v) is 7.74. The van der Waals surface area contributed by atoms with E-state index in [2.05, 4.69) is 13.8 Å². The van der Waals surface area contributed by atoms with E-state index in [9.17, 15) is 4.39 Å². The maximum Gasteiger partial charge on any atom is 0.166 e. The molecule has 0 bridgehead atoms. The normalized spacial score (nSPS) is 17.6. The van der Waals surface area contributed by atoms with Gasteiger partial charge in [-0.2, -0.15) is 0 Å². The van der Waals surface area contributed by atoms with Crippen LogP contribution >= 0.6 is 0 Å². The number of aryl methyl sites for hydroxylation is 2. The average molecular weight is 509 g/mol. The summed E-state index contributed by atoms with van der Waals surface area (Å²) < 4.78 is 50.5. The van der Waals surface area contributed by atoms with Crippen molar-refractivity contribution in [1.29, 1.82) is 0 Å². The number of ether oxygens (including phenoxy) is 1. The van der Waals surface area contributed by atoms with Crippen LogP contribution in [0, 0.1) is 23.4 Å². The molecule has 4 rings (SSSR count). The molecule has 198 valence electrons. The van der Waals surface area contributed by atoms with E-state index >= 15 is 8.78 Å². The van der Waals surface area contributed by atoms with Crippen LogP contribution in [0.15, 0.2) is 54.6 Å². The van der Waals surface area contributed by atoms with Crippen LogP contribution in [-0.4, -0.2) is 6.61 Å². The maximum atomic E-state index is 15.1. The monoisotopic (exact) mass is 508 g/mol. The minimum Gasteiger partial charge on any atom is -0.490 e. The molecule has 3 aromatic rings. The predicted octanol–water partition coefficient (Wildman–Crippen LogP) is 9.81. The second kappa shape index (κ2) is 13.2. The maximum absolute atomic E-state index is 15.1. The fraction of sp³-hybridized carbons (Fsp3) is 0.455. The summed E-state index contributed by atoms with van der Waals surface area (Å²) in [5, 5.41) is 0. The van der Waals surface area contributed by atoms with Gasteiger partial charge in [0.25, 0.3) is 0 Å². The molecule has 4 heteroatoms. The topological polar surface area (TPSA) is 9.23 Å². The van der Waals surface area contributed by atoms with Gasteiger partial charge in [0.15, 0.2) is 23.2 Å². The van der Waals surface area contributed by atoms with Crippen molar-refractivity contribution >= 4 is 0 Å². The second-order valence-corrected chi connectivity index (χ2v) is 10.5. The van der Waals surface area contributed by atoms with Crippen molar-refractivity contribution in [3.63, 3.8) is 0 Å². The molecule has 0 aromatic heterocycles. The fourth-order valence-corrected chi connectivity index (χ4v) is 5.49. The van der Waals surface area contributed by atoms with Crippen molar-refractivity contribution in [3.8, 4) is 16.9 Å². The number of rotatable bonds is 11. The number of hydrogen-bond donors (Lipinski definition) is 0. The lowest BCUT2D eigenvalue weighted by atomic mass is 9.78. The molecule has 1 nitrogen and oxygen atoms in total. The highest BCUT2D eigenvalue weighted by atomic mass is 19.2. The molecule has 0 saturated heterocycles. The van der Waals surface area contributed by atoms with Gasteiger partial charge in [-0.3, -0.25) is 0 Å². The molecule has 0 unspecified atom stereocenters. The highest BCUT2D eigenvalue weighted by Crippen LogP contribution is 2.39. The molecule has 37 heavy (non-hydrogen) atoms. The van der Waals surface area contributed by atoms with Gasteiger partial charge in [-0.25, -0.2) is 13.2 Å². The molecule has 0 radical (unpaired) electrons. The first-order valence-electron chi connectivity index (χ1n) is 14.0. The van der Waals surface area contributed by atoms with Crippen LogP contribution in [0.3, 0.4) is 0 Å². The first-order valence-corrected chi connectivity index (χ1v) is 14.0. The minimum atomic E-state index is -0.764. The second-order valence-electron chi connectivity index (χ2n) is 10.5. The number of unbranched alkanes of at least 4 members (excludes halogenated alkanes) is 2. The van der Waals surface area contributed by atoms with Gasteiger partial charge in [0.1, 0.15) is 0 Å². The Hall–Kier alpha value is -2.75. The van der Waals surface area contributed by atoms with Gasteiger partial charge in [-0.05, 0) is 91.2 Å². The van der Waals surface area contributed by atoms with E-state index < -0.39 is 11.6 Å². The Balaban J connectivity index is 1.32. The molecule has 0 atom stereocenters. The van der Waals surface area contributed by atoms with Gasteiger partial charge in [-0.1, -0.05) is 75.6 Å². The van der Waals surface area contributed by atoms with Gasteiger partial charge < -0.3 is 4.74 Å². The Morgan fingerprint density at radius 2 is 1.46 bits per heavy atom. The van der Waals surface area contributed by atoms with E-state index in [1.165, 1.54) is 5.56 Å². The van der Waals surface area contributed by atoms with Crippen LogP contribution in [0.25, 0.3) is 11.1 Å². The summed E-state index contributed by atoms with van der Waals surface area (Å²) in [5.41, 5.74) is 3.68. The van der Waals surface area contributed by atoms with Crippen molar-refractivity contribution in [2.45, 2.75) is 84.0 Å². The van der Waals surface area contributed by atoms with Crippen LogP contribution in [-0.2, 0) is 12.8 Å². The highest BCUT2D eigenvalue weighted by molar-refractivity contribution is 5.65. The van der Waals surface area contributed by atoms with Crippen molar-refractivity contribution in [2.24, 2.45) is 5.92 Å². The Morgan fingerprint density at radius 1 is 0.730 bits per heavy atom. The summed E-state index contributed by atoms with van der Waals surface area (Å²) in [6.07, 6.45) is 9.52. The van der Waals surface area contributed by atoms with E-state index in [4.69, 9.17) is 4.74 Å². The SMILES string of the molecule is CCCCCc1ccc(OCC2CCC(c3ccc(-c4ccc(CCC)cc4)c(F)c3F)CC2)c(F)c1. The van der Waals surface area contributed by atoms with Gasteiger partial charge in [0.2, 0.25) is 0 Å². The molecule has 3 aromatic carbocycles. The lowest BCUT2D eigenvalue weighted by Crippen LogP contribution is -2.20. The fourth-order valence-electron chi connectivity index (χ4n) is 5.49. The van der Waals surface area contributed by atoms with E-state index in [0.29, 0.717) is 29.0 Å². The van der Waals surface area contributed by atoms with E-state index in [1.807, 2.05) is 30.3 Å². The average Bonchev–Trinajstić information content (AvgIpc) is 2.91. The number of halogens is 3. The van der Waals surface area contributed by atoms with Gasteiger partial charge >= 0.3 is 0 Å². The van der Waals surface area contributed by atoms with Crippen LogP contribution in [0.1, 0.15) is 87.8 Å². The summed E-state index contributed by atoms with van der Waals surface area (Å²) in [7, 11) is 0. The predicted molar refractivity (Wildman–Crippen MR) is 146 cm³/mol. The van der Waals surface area contributed by atoms with E-state index in [0.717, 1.165) is 69.8 Å². The van der Waals surface area contributed by atoms with Crippen LogP contribution in [0.4, 0.5) is 13.2 Å². The summed E-state index contributed by atoms with van der Waals surface area (Å²) >= 11 is 0. The van der Waals surface area contributed by atoms with Gasteiger partial charge in [-0.15, -0.1) is 0 Å². The molecule has 1 fully saturated rings. The number of benzene rings is 3. The molecular formula is C33H39F3O. The molecule has 0 aliphatic heterocycles. The van der Waals surface area contributed by atoms with E-state index in [-0.39, 0.29) is 17.7 Å². The molecule has 1 aliphatic rings. The lowest BCUT2D eigenvalue weighted by molar-refractivity contribution is 0.193. The molecule has 1 aliphatic carbocycles. The minimum absolute atomic E-state index is 0.00845. The first-order chi connectivity index (χ1) is 18.0. The van der Waals surface area contributed by atoms with E-state index in [1.54, 1.807) is 24.3 Å². The zero-order chi connectivity index (χ0) is 26.2. The summed E-state index contributed by atoms with van der Waals surface area (Å²) in [6, 6.07) is 16.5. The Labute approximate surface area is 220 Å². The molecule has 0 spiro atoms. The standard InChI is InChI=1S/C33H39F3O/c1-3-5-6-8-24-13-20-31(30(34)21-24)37-22-25-11-16-27(17-12-25)29-19-18-28(32(35)33(29)36)26-14-9-23(7-4-2)10-15-26/h9-10,13-15,18-21,25,27H,3-8,11-12,16-17,22H2,1-2H3. The smallest absolute Gasteiger partial charge is 0.166 e. The van der Waals surface area contributed by atoms with Crippen molar-refractivity contribution in [2.75, 3.05) is 6.61 Å². The molecular weight excluding hydrogens is 469 g/mol. The zero-order valence-corrected chi connectivity index (χ0v) is 22.2. The van der Waals surface area contributed by atoms with Crippen LogP contribution in [0.5, 0.6) is 5.75 Å². The Kier molecular flexibility index (Phi) is 9.71. The Morgan fingerprint density at radius 3 is 2.14 bits per heavy atom. The quantitative estimate of drug-likeness (QED) is 0.234. The van der Waals surface area contributed by atoms with Crippen molar-refractivity contribution in [3.05, 3.63) is 88.7 Å². The molecule has 0 N–H and O–H groups in total. The summed E-state index contributed by atoms with van der Waals surface area (Å²) in [5.74, 6) is -1.22. The highest BCUT2D eigenvalue weighted by Gasteiger charge is 2.27. The molecule has 0 amide bonds. The molecule has 0 heterocycles. The van der Waals surface area contributed by atoms with Crippen molar-refractivity contribution < 1.29 is 17.9 Å². The van der Waals surface area contributed by atoms with Gasteiger partial charge in [0, 0.05) is 5.56 Å². The van der Waals surface area contributed by atoms with Crippen molar-refractivity contribution in [1.82, 2.24) is 0 Å². The summed E-state index contributed by atoms with van der Waals surface area (Å²) in [6.45, 7) is 4.72. The van der Waals surface area contributed by atoms with Crippen LogP contribution in [0.2, 0.25) is 0 Å². The molecule has 1 saturated carbocycles.